The summed E-state index contributed by atoms with van der Waals surface area (Å²) in [6.45, 7) is 1.65. The second-order valence-corrected chi connectivity index (χ2v) is 6.12. The highest BCUT2D eigenvalue weighted by Crippen LogP contribution is 2.25. The van der Waals surface area contributed by atoms with Crippen molar-refractivity contribution in [1.82, 2.24) is 5.32 Å². The van der Waals surface area contributed by atoms with Crippen molar-refractivity contribution >= 4 is 39.7 Å². The minimum atomic E-state index is -0.774. The lowest BCUT2D eigenvalue weighted by atomic mass is 9.90. The van der Waals surface area contributed by atoms with Gasteiger partial charge in [0.25, 0.3) is 0 Å². The maximum atomic E-state index is 12.3. The van der Waals surface area contributed by atoms with Gasteiger partial charge in [0, 0.05) is 24.5 Å². The fourth-order valence-corrected chi connectivity index (χ4v) is 3.45. The molecular formula is C15H19ClN2O2S. The first-order valence-corrected chi connectivity index (χ1v) is 7.67. The highest BCUT2D eigenvalue weighted by molar-refractivity contribution is 7.17. The Morgan fingerprint density at radius 3 is 2.81 bits per heavy atom. The predicted octanol–water partition coefficient (Wildman–Crippen LogP) is 2.45. The van der Waals surface area contributed by atoms with Crippen LogP contribution in [-0.4, -0.2) is 24.7 Å². The molecule has 1 amide bonds. The summed E-state index contributed by atoms with van der Waals surface area (Å²) < 4.78 is 6.51. The zero-order chi connectivity index (χ0) is 14.0. The van der Waals surface area contributed by atoms with Crippen molar-refractivity contribution in [2.24, 2.45) is 5.73 Å². The molecular weight excluding hydrogens is 308 g/mol. The van der Waals surface area contributed by atoms with Gasteiger partial charge in [-0.25, -0.2) is 0 Å². The van der Waals surface area contributed by atoms with E-state index >= 15 is 0 Å². The van der Waals surface area contributed by atoms with Gasteiger partial charge in [-0.15, -0.1) is 23.7 Å². The Morgan fingerprint density at radius 2 is 2.05 bits per heavy atom. The summed E-state index contributed by atoms with van der Waals surface area (Å²) in [6, 6.07) is 8.22. The Labute approximate surface area is 134 Å². The van der Waals surface area contributed by atoms with Crippen molar-refractivity contribution in [2.45, 2.75) is 24.9 Å². The first kappa shape index (κ1) is 16.2. The number of amides is 1. The topological polar surface area (TPSA) is 64.4 Å². The van der Waals surface area contributed by atoms with E-state index in [0.717, 1.165) is 5.56 Å². The van der Waals surface area contributed by atoms with Crippen LogP contribution in [0, 0.1) is 0 Å². The van der Waals surface area contributed by atoms with E-state index in [0.29, 0.717) is 32.6 Å². The Hall–Kier alpha value is -1.14. The lowest BCUT2D eigenvalue weighted by Crippen LogP contribution is -2.56. The van der Waals surface area contributed by atoms with E-state index in [1.165, 1.54) is 10.1 Å². The lowest BCUT2D eigenvalue weighted by molar-refractivity contribution is -0.129. The number of hydrogen-bond acceptors (Lipinski definition) is 4. The Kier molecular flexibility index (Phi) is 5.22. The van der Waals surface area contributed by atoms with E-state index in [1.54, 1.807) is 11.3 Å². The number of hydrogen-bond donors (Lipinski definition) is 2. The second kappa shape index (κ2) is 6.75. The van der Waals surface area contributed by atoms with Gasteiger partial charge in [-0.1, -0.05) is 18.2 Å². The summed E-state index contributed by atoms with van der Waals surface area (Å²) in [6.07, 6.45) is 1.17. The molecule has 2 heterocycles. The number of rotatable bonds is 3. The van der Waals surface area contributed by atoms with Crippen LogP contribution < -0.4 is 11.1 Å². The maximum Gasteiger partial charge on any atom is 0.240 e. The normalized spacial score (nSPS) is 17.2. The molecule has 1 saturated heterocycles. The molecule has 0 radical (unpaired) electrons. The first-order chi connectivity index (χ1) is 9.69. The van der Waals surface area contributed by atoms with Crippen LogP contribution in [0.2, 0.25) is 0 Å². The molecule has 0 aliphatic carbocycles. The van der Waals surface area contributed by atoms with Gasteiger partial charge in [-0.05, 0) is 35.2 Å². The van der Waals surface area contributed by atoms with Gasteiger partial charge in [0.15, 0.2) is 0 Å². The molecule has 1 aromatic carbocycles. The van der Waals surface area contributed by atoms with Crippen LogP contribution in [0.25, 0.3) is 10.1 Å². The Balaban J connectivity index is 0.00000161. The Morgan fingerprint density at radius 1 is 1.33 bits per heavy atom. The molecule has 0 atom stereocenters. The summed E-state index contributed by atoms with van der Waals surface area (Å²) in [5.41, 5.74) is 6.54. The van der Waals surface area contributed by atoms with Crippen molar-refractivity contribution < 1.29 is 9.53 Å². The van der Waals surface area contributed by atoms with E-state index in [1.807, 2.05) is 12.1 Å². The largest absolute Gasteiger partial charge is 0.381 e. The average molecular weight is 327 g/mol. The summed E-state index contributed by atoms with van der Waals surface area (Å²) in [5, 5.41) is 6.27. The number of thiophene rings is 1. The van der Waals surface area contributed by atoms with Gasteiger partial charge >= 0.3 is 0 Å². The number of fused-ring (bicyclic) bond motifs is 1. The highest BCUT2D eigenvalue weighted by atomic mass is 35.5. The quantitative estimate of drug-likeness (QED) is 0.910. The van der Waals surface area contributed by atoms with E-state index in [2.05, 4.69) is 22.8 Å². The third-order valence-electron chi connectivity index (χ3n) is 3.84. The van der Waals surface area contributed by atoms with Crippen LogP contribution in [-0.2, 0) is 16.1 Å². The average Bonchev–Trinajstić information content (AvgIpc) is 2.89. The van der Waals surface area contributed by atoms with Crippen molar-refractivity contribution in [1.29, 1.82) is 0 Å². The third-order valence-corrected chi connectivity index (χ3v) is 4.85. The molecule has 6 heteroatoms. The standard InChI is InChI=1S/C15H18N2O2S.ClH/c16-15(5-7-19-8-6-15)14(18)17-9-11-10-20-13-4-2-1-3-12(11)13;/h1-4,10H,5-9,16H2,(H,17,18);1H. The SMILES string of the molecule is Cl.NC1(C(=O)NCc2csc3ccccc23)CCOCC1. The molecule has 3 N–H and O–H groups in total. The molecule has 3 rings (SSSR count). The van der Waals surface area contributed by atoms with Crippen LogP contribution in [0.4, 0.5) is 0 Å². The van der Waals surface area contributed by atoms with Crippen molar-refractivity contribution in [3.8, 4) is 0 Å². The lowest BCUT2D eigenvalue weighted by Gasteiger charge is -2.31. The van der Waals surface area contributed by atoms with Gasteiger partial charge in [0.2, 0.25) is 5.91 Å². The molecule has 4 nitrogen and oxygen atoms in total. The molecule has 1 aliphatic rings. The van der Waals surface area contributed by atoms with Crippen LogP contribution in [0.5, 0.6) is 0 Å². The zero-order valence-corrected chi connectivity index (χ0v) is 13.3. The number of ether oxygens (including phenoxy) is 1. The van der Waals surface area contributed by atoms with Crippen molar-refractivity contribution in [3.05, 3.63) is 35.2 Å². The van der Waals surface area contributed by atoms with Gasteiger partial charge in [-0.3, -0.25) is 4.79 Å². The highest BCUT2D eigenvalue weighted by Gasteiger charge is 2.35. The molecule has 1 fully saturated rings. The van der Waals surface area contributed by atoms with Crippen LogP contribution in [0.1, 0.15) is 18.4 Å². The van der Waals surface area contributed by atoms with Crippen LogP contribution >= 0.6 is 23.7 Å². The summed E-state index contributed by atoms with van der Waals surface area (Å²) in [4.78, 5) is 12.3. The molecule has 1 aromatic heterocycles. The van der Waals surface area contributed by atoms with E-state index in [-0.39, 0.29) is 18.3 Å². The molecule has 0 unspecified atom stereocenters. The van der Waals surface area contributed by atoms with Crippen LogP contribution in [0.15, 0.2) is 29.6 Å². The molecule has 114 valence electrons. The van der Waals surface area contributed by atoms with Gasteiger partial charge < -0.3 is 15.8 Å². The van der Waals surface area contributed by atoms with Crippen LogP contribution in [0.3, 0.4) is 0 Å². The number of halogens is 1. The summed E-state index contributed by atoms with van der Waals surface area (Å²) >= 11 is 1.70. The number of carbonyl (C=O) groups excluding carboxylic acids is 1. The Bertz CT molecular complexity index is 623. The smallest absolute Gasteiger partial charge is 0.240 e. The summed E-state index contributed by atoms with van der Waals surface area (Å²) in [5.74, 6) is -0.0731. The molecule has 0 bridgehead atoms. The maximum absolute atomic E-state index is 12.3. The van der Waals surface area contributed by atoms with Crippen molar-refractivity contribution in [3.63, 3.8) is 0 Å². The molecule has 1 aliphatic heterocycles. The van der Waals surface area contributed by atoms with Gasteiger partial charge in [-0.2, -0.15) is 0 Å². The predicted molar refractivity (Wildman–Crippen MR) is 87.9 cm³/mol. The number of nitrogens with one attached hydrogen (secondary N) is 1. The zero-order valence-electron chi connectivity index (χ0n) is 11.6. The molecule has 2 aromatic rings. The second-order valence-electron chi connectivity index (χ2n) is 5.21. The monoisotopic (exact) mass is 326 g/mol. The number of nitrogens with two attached hydrogens (primary N) is 1. The molecule has 21 heavy (non-hydrogen) atoms. The van der Waals surface area contributed by atoms with Crippen molar-refractivity contribution in [2.75, 3.05) is 13.2 Å². The van der Waals surface area contributed by atoms with Gasteiger partial charge in [0.1, 0.15) is 0 Å². The van der Waals surface area contributed by atoms with E-state index in [4.69, 9.17) is 10.5 Å². The molecule has 0 spiro atoms. The fourth-order valence-electron chi connectivity index (χ4n) is 2.48. The number of benzene rings is 1. The third kappa shape index (κ3) is 3.37. The fraction of sp³-hybridized carbons (Fsp3) is 0.400. The number of carbonyl (C=O) groups is 1. The minimum absolute atomic E-state index is 0. The first-order valence-electron chi connectivity index (χ1n) is 6.79. The van der Waals surface area contributed by atoms with E-state index in [9.17, 15) is 4.79 Å². The van der Waals surface area contributed by atoms with Gasteiger partial charge in [0.05, 0.1) is 5.54 Å². The minimum Gasteiger partial charge on any atom is -0.381 e. The molecule has 0 saturated carbocycles. The summed E-state index contributed by atoms with van der Waals surface area (Å²) in [7, 11) is 0. The van der Waals surface area contributed by atoms with E-state index < -0.39 is 5.54 Å².